The molecule has 3 aliphatic heterocycles. The number of benzene rings is 1. The molecule has 7 heteroatoms. The van der Waals surface area contributed by atoms with E-state index in [0.29, 0.717) is 12.3 Å². The van der Waals surface area contributed by atoms with E-state index in [1.807, 2.05) is 0 Å². The van der Waals surface area contributed by atoms with Crippen LogP contribution in [0.1, 0.15) is 19.3 Å². The van der Waals surface area contributed by atoms with Crippen LogP contribution in [0, 0.1) is 5.92 Å². The van der Waals surface area contributed by atoms with Gasteiger partial charge in [-0.25, -0.2) is 9.97 Å². The number of hydrogen-bond donors (Lipinski definition) is 1. The maximum atomic E-state index is 11.4. The number of amides is 1. The van der Waals surface area contributed by atoms with Gasteiger partial charge in [-0.2, -0.15) is 0 Å². The molecule has 28 heavy (non-hydrogen) atoms. The number of nitrogens with one attached hydrogen (secondary N) is 1. The zero-order valence-corrected chi connectivity index (χ0v) is 16.3. The monoisotopic (exact) mass is 380 g/mol. The van der Waals surface area contributed by atoms with E-state index < -0.39 is 0 Å². The van der Waals surface area contributed by atoms with Crippen LogP contribution >= 0.6 is 0 Å². The standard InChI is InChI=1S/C21H28N6O/c28-20-11-16(13-22-20)14-25-7-9-26(10-8-25)17-3-4-19-18(12-17)21(24-15-23-19)27-5-1-2-6-27/h3-4,12,15-16H,1-2,5-11,13-14H2,(H,22,28). The number of hydrogen-bond acceptors (Lipinski definition) is 6. The molecule has 3 aliphatic rings. The summed E-state index contributed by atoms with van der Waals surface area (Å²) in [6.07, 6.45) is 4.87. The minimum absolute atomic E-state index is 0.204. The highest BCUT2D eigenvalue weighted by atomic mass is 16.1. The van der Waals surface area contributed by atoms with Crippen LogP contribution in [-0.4, -0.2) is 73.1 Å². The summed E-state index contributed by atoms with van der Waals surface area (Å²) in [7, 11) is 0. The van der Waals surface area contributed by atoms with Gasteiger partial charge in [0.1, 0.15) is 12.1 Å². The number of nitrogens with zero attached hydrogens (tertiary/aromatic N) is 5. The second-order valence-corrected chi connectivity index (χ2v) is 8.25. The van der Waals surface area contributed by atoms with Gasteiger partial charge in [0.25, 0.3) is 0 Å². The first-order chi connectivity index (χ1) is 13.8. The lowest BCUT2D eigenvalue weighted by atomic mass is 10.1. The maximum Gasteiger partial charge on any atom is 0.220 e. The Bertz CT molecular complexity index is 857. The first-order valence-corrected chi connectivity index (χ1v) is 10.5. The second-order valence-electron chi connectivity index (χ2n) is 8.25. The van der Waals surface area contributed by atoms with Gasteiger partial charge in [0.05, 0.1) is 5.52 Å². The van der Waals surface area contributed by atoms with Gasteiger partial charge in [0.15, 0.2) is 0 Å². The molecule has 0 radical (unpaired) electrons. The second kappa shape index (κ2) is 7.54. The van der Waals surface area contributed by atoms with Gasteiger partial charge in [-0.05, 0) is 37.0 Å². The Morgan fingerprint density at radius 3 is 2.57 bits per heavy atom. The normalized spacial score (nSPS) is 23.6. The number of carbonyl (C=O) groups is 1. The summed E-state index contributed by atoms with van der Waals surface area (Å²) in [5.74, 6) is 1.76. The number of fused-ring (bicyclic) bond motifs is 1. The van der Waals surface area contributed by atoms with Crippen molar-refractivity contribution in [1.29, 1.82) is 0 Å². The number of aromatic nitrogens is 2. The Kier molecular flexibility index (Phi) is 4.76. The molecule has 4 heterocycles. The molecule has 7 nitrogen and oxygen atoms in total. The topological polar surface area (TPSA) is 64.6 Å². The van der Waals surface area contributed by atoms with E-state index in [9.17, 15) is 4.79 Å². The minimum Gasteiger partial charge on any atom is -0.369 e. The van der Waals surface area contributed by atoms with Crippen molar-refractivity contribution >= 4 is 28.3 Å². The molecule has 0 bridgehead atoms. The van der Waals surface area contributed by atoms with Gasteiger partial charge < -0.3 is 15.1 Å². The van der Waals surface area contributed by atoms with Gasteiger partial charge >= 0.3 is 0 Å². The molecule has 148 valence electrons. The van der Waals surface area contributed by atoms with E-state index in [-0.39, 0.29) is 5.91 Å². The van der Waals surface area contributed by atoms with Crippen LogP contribution in [0.4, 0.5) is 11.5 Å². The Hall–Kier alpha value is -2.41. The fourth-order valence-electron chi connectivity index (χ4n) is 4.76. The fourth-order valence-corrected chi connectivity index (χ4v) is 4.76. The number of carbonyl (C=O) groups excluding carboxylic acids is 1. The van der Waals surface area contributed by atoms with Crippen LogP contribution in [0.2, 0.25) is 0 Å². The van der Waals surface area contributed by atoms with Crippen LogP contribution in [0.15, 0.2) is 24.5 Å². The molecule has 0 spiro atoms. The van der Waals surface area contributed by atoms with Crippen molar-refractivity contribution in [2.24, 2.45) is 5.92 Å². The zero-order valence-electron chi connectivity index (χ0n) is 16.3. The highest BCUT2D eigenvalue weighted by Gasteiger charge is 2.26. The Morgan fingerprint density at radius 1 is 1.00 bits per heavy atom. The van der Waals surface area contributed by atoms with Crippen molar-refractivity contribution in [2.45, 2.75) is 19.3 Å². The number of anilines is 2. The van der Waals surface area contributed by atoms with Crippen molar-refractivity contribution in [3.8, 4) is 0 Å². The first-order valence-electron chi connectivity index (χ1n) is 10.5. The third-order valence-electron chi connectivity index (χ3n) is 6.32. The molecule has 3 saturated heterocycles. The zero-order chi connectivity index (χ0) is 18.9. The minimum atomic E-state index is 0.204. The van der Waals surface area contributed by atoms with E-state index in [1.54, 1.807) is 6.33 Å². The van der Waals surface area contributed by atoms with Gasteiger partial charge in [0.2, 0.25) is 5.91 Å². The van der Waals surface area contributed by atoms with Crippen LogP contribution in [0.3, 0.4) is 0 Å². The summed E-state index contributed by atoms with van der Waals surface area (Å²) in [5.41, 5.74) is 2.29. The van der Waals surface area contributed by atoms with Crippen LogP contribution in [0.25, 0.3) is 10.9 Å². The summed E-state index contributed by atoms with van der Waals surface area (Å²) in [4.78, 5) is 27.9. The van der Waals surface area contributed by atoms with Gasteiger partial charge in [-0.1, -0.05) is 0 Å². The van der Waals surface area contributed by atoms with Crippen molar-refractivity contribution < 1.29 is 4.79 Å². The lowest BCUT2D eigenvalue weighted by molar-refractivity contribution is -0.119. The Balaban J connectivity index is 1.29. The number of rotatable bonds is 4. The maximum absolute atomic E-state index is 11.4. The van der Waals surface area contributed by atoms with E-state index in [0.717, 1.165) is 63.7 Å². The third kappa shape index (κ3) is 3.51. The average molecular weight is 380 g/mol. The van der Waals surface area contributed by atoms with Gasteiger partial charge in [0, 0.05) is 69.9 Å². The average Bonchev–Trinajstić information content (AvgIpc) is 3.40. The molecule has 2 aromatic rings. The summed E-state index contributed by atoms with van der Waals surface area (Å²) >= 11 is 0. The summed E-state index contributed by atoms with van der Waals surface area (Å²) in [6.45, 7) is 8.18. The Morgan fingerprint density at radius 2 is 1.82 bits per heavy atom. The molecule has 1 amide bonds. The van der Waals surface area contributed by atoms with Crippen molar-refractivity contribution in [3.63, 3.8) is 0 Å². The largest absolute Gasteiger partial charge is 0.369 e. The predicted octanol–water partition coefficient (Wildman–Crippen LogP) is 1.49. The van der Waals surface area contributed by atoms with Crippen LogP contribution < -0.4 is 15.1 Å². The molecule has 3 fully saturated rings. The highest BCUT2D eigenvalue weighted by Crippen LogP contribution is 2.30. The van der Waals surface area contributed by atoms with E-state index in [2.05, 4.69) is 48.2 Å². The molecule has 1 aromatic carbocycles. The summed E-state index contributed by atoms with van der Waals surface area (Å²) in [5, 5.41) is 4.11. The molecule has 5 rings (SSSR count). The lowest BCUT2D eigenvalue weighted by Gasteiger charge is -2.37. The highest BCUT2D eigenvalue weighted by molar-refractivity contribution is 5.92. The lowest BCUT2D eigenvalue weighted by Crippen LogP contribution is -2.48. The summed E-state index contributed by atoms with van der Waals surface area (Å²) < 4.78 is 0. The molecule has 1 aromatic heterocycles. The van der Waals surface area contributed by atoms with Crippen molar-refractivity contribution in [2.75, 3.05) is 62.2 Å². The first kappa shape index (κ1) is 17.7. The van der Waals surface area contributed by atoms with Crippen molar-refractivity contribution in [1.82, 2.24) is 20.2 Å². The Labute approximate surface area is 165 Å². The van der Waals surface area contributed by atoms with Crippen molar-refractivity contribution in [3.05, 3.63) is 24.5 Å². The smallest absolute Gasteiger partial charge is 0.220 e. The molecule has 1 N–H and O–H groups in total. The number of piperazine rings is 1. The van der Waals surface area contributed by atoms with E-state index in [4.69, 9.17) is 0 Å². The predicted molar refractivity (Wildman–Crippen MR) is 111 cm³/mol. The quantitative estimate of drug-likeness (QED) is 0.867. The molecule has 0 aliphatic carbocycles. The van der Waals surface area contributed by atoms with E-state index >= 15 is 0 Å². The van der Waals surface area contributed by atoms with Gasteiger partial charge in [-0.15, -0.1) is 0 Å². The van der Waals surface area contributed by atoms with Gasteiger partial charge in [-0.3, -0.25) is 9.69 Å². The molecular weight excluding hydrogens is 352 g/mol. The fraction of sp³-hybridized carbons (Fsp3) is 0.571. The van der Waals surface area contributed by atoms with Crippen LogP contribution in [0.5, 0.6) is 0 Å². The molecule has 1 unspecified atom stereocenters. The van der Waals surface area contributed by atoms with E-state index in [1.165, 1.54) is 23.9 Å². The molecule has 0 saturated carbocycles. The molecular formula is C21H28N6O. The molecule has 1 atom stereocenters. The summed E-state index contributed by atoms with van der Waals surface area (Å²) in [6, 6.07) is 6.60. The SMILES string of the molecule is O=C1CC(CN2CCN(c3ccc4ncnc(N5CCCC5)c4c3)CC2)CN1. The van der Waals surface area contributed by atoms with Crippen LogP contribution in [-0.2, 0) is 4.79 Å². The third-order valence-corrected chi connectivity index (χ3v) is 6.32.